The number of nitrogens with one attached hydrogen (secondary N) is 1. The Bertz CT molecular complexity index is 353. The monoisotopic (exact) mass is 219 g/mol. The molecular weight excluding hydrogens is 202 g/mol. The van der Waals surface area contributed by atoms with Gasteiger partial charge in [-0.1, -0.05) is 6.42 Å². The average Bonchev–Trinajstić information content (AvgIpc) is 2.73. The molecule has 1 aliphatic carbocycles. The lowest BCUT2D eigenvalue weighted by Crippen LogP contribution is -2.36. The van der Waals surface area contributed by atoms with E-state index in [4.69, 9.17) is 5.73 Å². The molecule has 86 valence electrons. The Morgan fingerprint density at radius 2 is 2.44 bits per heavy atom. The van der Waals surface area contributed by atoms with E-state index in [0.29, 0.717) is 18.0 Å². The van der Waals surface area contributed by atoms with Crippen LogP contribution in [0.2, 0.25) is 0 Å². The normalized spacial score (nSPS) is 24.3. The van der Waals surface area contributed by atoms with Crippen LogP contribution in [0.3, 0.4) is 0 Å². The third-order valence-corrected chi connectivity index (χ3v) is 3.17. The summed E-state index contributed by atoms with van der Waals surface area (Å²) in [5.74, 6) is 0.368. The lowest BCUT2D eigenvalue weighted by atomic mass is 10.0. The number of hydrogen-bond acceptors (Lipinski definition) is 3. The highest BCUT2D eigenvalue weighted by Crippen LogP contribution is 2.23. The molecule has 1 aliphatic rings. The average molecular weight is 219 g/mol. The highest BCUT2D eigenvalue weighted by Gasteiger charge is 2.24. The summed E-state index contributed by atoms with van der Waals surface area (Å²) in [4.78, 5) is 15.6. The molecule has 1 amide bonds. The highest BCUT2D eigenvalue weighted by atomic mass is 16.1. The van der Waals surface area contributed by atoms with Crippen LogP contribution in [0, 0.1) is 5.92 Å². The van der Waals surface area contributed by atoms with Crippen molar-refractivity contribution in [3.8, 4) is 0 Å². The topological polar surface area (TPSA) is 68.0 Å². The molecule has 0 radical (unpaired) electrons. The predicted octanol–water partition coefficient (Wildman–Crippen LogP) is 0.939. The lowest BCUT2D eigenvalue weighted by Gasteiger charge is -2.15. The van der Waals surface area contributed by atoms with Gasteiger partial charge in [0.2, 0.25) is 0 Å². The molecule has 2 rings (SSSR count). The fourth-order valence-electron chi connectivity index (χ4n) is 2.14. The Morgan fingerprint density at radius 1 is 1.56 bits per heavy atom. The lowest BCUT2D eigenvalue weighted by molar-refractivity contribution is 0.0946. The van der Waals surface area contributed by atoms with E-state index in [1.807, 2.05) is 0 Å². The van der Waals surface area contributed by atoms with Gasteiger partial charge < -0.3 is 11.1 Å². The molecule has 4 nitrogen and oxygen atoms in total. The smallest absolute Gasteiger partial charge is 0.252 e. The molecule has 16 heavy (non-hydrogen) atoms. The van der Waals surface area contributed by atoms with E-state index in [1.54, 1.807) is 24.5 Å². The van der Waals surface area contributed by atoms with E-state index in [1.165, 1.54) is 6.42 Å². The largest absolute Gasteiger partial charge is 0.352 e. The van der Waals surface area contributed by atoms with E-state index in [2.05, 4.69) is 10.3 Å². The molecule has 1 fully saturated rings. The van der Waals surface area contributed by atoms with Crippen LogP contribution in [0.4, 0.5) is 0 Å². The predicted molar refractivity (Wildman–Crippen MR) is 61.9 cm³/mol. The van der Waals surface area contributed by atoms with Gasteiger partial charge in [-0.05, 0) is 30.9 Å². The van der Waals surface area contributed by atoms with Crippen molar-refractivity contribution in [3.05, 3.63) is 30.1 Å². The molecule has 2 unspecified atom stereocenters. The summed E-state index contributed by atoms with van der Waals surface area (Å²) in [6.45, 7) is 0.675. The number of aromatic nitrogens is 1. The van der Waals surface area contributed by atoms with Gasteiger partial charge in [0, 0.05) is 25.0 Å². The number of nitrogens with zero attached hydrogens (tertiary/aromatic N) is 1. The first-order valence-electron chi connectivity index (χ1n) is 5.71. The third kappa shape index (κ3) is 2.58. The fourth-order valence-corrected chi connectivity index (χ4v) is 2.14. The first-order chi connectivity index (χ1) is 7.77. The maximum absolute atomic E-state index is 11.7. The molecule has 1 aromatic rings. The molecule has 3 N–H and O–H groups in total. The van der Waals surface area contributed by atoms with Crippen molar-refractivity contribution >= 4 is 5.91 Å². The Labute approximate surface area is 95.3 Å². The molecule has 4 heteroatoms. The molecular formula is C12H17N3O. The van der Waals surface area contributed by atoms with Crippen LogP contribution in [-0.4, -0.2) is 23.5 Å². The van der Waals surface area contributed by atoms with Crippen LogP contribution < -0.4 is 11.1 Å². The number of amides is 1. The molecule has 0 aromatic carbocycles. The summed E-state index contributed by atoms with van der Waals surface area (Å²) in [6.07, 6.45) is 6.60. The Morgan fingerprint density at radius 3 is 3.06 bits per heavy atom. The molecule has 0 aliphatic heterocycles. The van der Waals surface area contributed by atoms with E-state index in [9.17, 15) is 4.79 Å². The minimum atomic E-state index is -0.0628. The first-order valence-corrected chi connectivity index (χ1v) is 5.71. The second-order valence-corrected chi connectivity index (χ2v) is 4.31. The summed E-state index contributed by atoms with van der Waals surface area (Å²) in [7, 11) is 0. The molecule has 0 bridgehead atoms. The molecule has 2 atom stereocenters. The van der Waals surface area contributed by atoms with Gasteiger partial charge in [-0.15, -0.1) is 0 Å². The number of carbonyl (C=O) groups excluding carboxylic acids is 1. The van der Waals surface area contributed by atoms with Gasteiger partial charge in [-0.3, -0.25) is 9.78 Å². The molecule has 0 spiro atoms. The van der Waals surface area contributed by atoms with Crippen molar-refractivity contribution in [3.63, 3.8) is 0 Å². The summed E-state index contributed by atoms with van der Waals surface area (Å²) in [5.41, 5.74) is 6.55. The maximum atomic E-state index is 11.7. The standard InChI is InChI=1S/C12H17N3O/c13-11-5-1-3-9(11)8-15-12(16)10-4-2-6-14-7-10/h2,4,6-7,9,11H,1,3,5,8,13H2,(H,15,16). The summed E-state index contributed by atoms with van der Waals surface area (Å²) < 4.78 is 0. The van der Waals surface area contributed by atoms with Crippen molar-refractivity contribution in [2.24, 2.45) is 11.7 Å². The van der Waals surface area contributed by atoms with Gasteiger partial charge in [-0.25, -0.2) is 0 Å². The van der Waals surface area contributed by atoms with Crippen LogP contribution >= 0.6 is 0 Å². The van der Waals surface area contributed by atoms with Gasteiger partial charge in [0.05, 0.1) is 5.56 Å². The van der Waals surface area contributed by atoms with Crippen LogP contribution in [0.1, 0.15) is 29.6 Å². The minimum Gasteiger partial charge on any atom is -0.352 e. The number of nitrogens with two attached hydrogens (primary N) is 1. The van der Waals surface area contributed by atoms with Gasteiger partial charge in [-0.2, -0.15) is 0 Å². The van der Waals surface area contributed by atoms with Crippen molar-refractivity contribution in [1.29, 1.82) is 0 Å². The number of carbonyl (C=O) groups is 1. The Hall–Kier alpha value is -1.42. The molecule has 1 aromatic heterocycles. The van der Waals surface area contributed by atoms with Gasteiger partial charge in [0.25, 0.3) is 5.91 Å². The summed E-state index contributed by atoms with van der Waals surface area (Å²) in [6, 6.07) is 3.77. The SMILES string of the molecule is NC1CCCC1CNC(=O)c1cccnc1. The fraction of sp³-hybridized carbons (Fsp3) is 0.500. The number of hydrogen-bond donors (Lipinski definition) is 2. The van der Waals surface area contributed by atoms with Crippen molar-refractivity contribution < 1.29 is 4.79 Å². The minimum absolute atomic E-state index is 0.0628. The first kappa shape index (κ1) is 11.1. The zero-order chi connectivity index (χ0) is 11.4. The van der Waals surface area contributed by atoms with Crippen LogP contribution in [0.5, 0.6) is 0 Å². The zero-order valence-corrected chi connectivity index (χ0v) is 9.23. The molecule has 0 saturated heterocycles. The summed E-state index contributed by atoms with van der Waals surface area (Å²) in [5, 5.41) is 2.91. The van der Waals surface area contributed by atoms with E-state index < -0.39 is 0 Å². The van der Waals surface area contributed by atoms with Gasteiger partial charge >= 0.3 is 0 Å². The second-order valence-electron chi connectivity index (χ2n) is 4.31. The third-order valence-electron chi connectivity index (χ3n) is 3.17. The van der Waals surface area contributed by atoms with Crippen molar-refractivity contribution in [1.82, 2.24) is 10.3 Å². The number of rotatable bonds is 3. The summed E-state index contributed by atoms with van der Waals surface area (Å²) >= 11 is 0. The van der Waals surface area contributed by atoms with Gasteiger partial charge in [0.1, 0.15) is 0 Å². The van der Waals surface area contributed by atoms with Gasteiger partial charge in [0.15, 0.2) is 0 Å². The van der Waals surface area contributed by atoms with Crippen molar-refractivity contribution in [2.45, 2.75) is 25.3 Å². The second kappa shape index (κ2) is 5.07. The Kier molecular flexibility index (Phi) is 3.51. The van der Waals surface area contributed by atoms with Crippen LogP contribution in [0.15, 0.2) is 24.5 Å². The van der Waals surface area contributed by atoms with E-state index in [-0.39, 0.29) is 11.9 Å². The number of pyridine rings is 1. The van der Waals surface area contributed by atoms with E-state index >= 15 is 0 Å². The maximum Gasteiger partial charge on any atom is 0.252 e. The Balaban J connectivity index is 1.84. The van der Waals surface area contributed by atoms with Crippen molar-refractivity contribution in [2.75, 3.05) is 6.54 Å². The van der Waals surface area contributed by atoms with Crippen LogP contribution in [-0.2, 0) is 0 Å². The molecule has 1 saturated carbocycles. The quantitative estimate of drug-likeness (QED) is 0.795. The zero-order valence-electron chi connectivity index (χ0n) is 9.23. The molecule has 1 heterocycles. The van der Waals surface area contributed by atoms with Crippen LogP contribution in [0.25, 0.3) is 0 Å². The highest BCUT2D eigenvalue weighted by molar-refractivity contribution is 5.93. The van der Waals surface area contributed by atoms with E-state index in [0.717, 1.165) is 12.8 Å².